The highest BCUT2D eigenvalue weighted by atomic mass is 19.1. The number of piperidine rings is 1. The lowest BCUT2D eigenvalue weighted by Gasteiger charge is -2.49. The van der Waals surface area contributed by atoms with E-state index in [1.165, 1.54) is 6.07 Å². The third-order valence-corrected chi connectivity index (χ3v) is 6.31. The van der Waals surface area contributed by atoms with Crippen molar-refractivity contribution in [3.05, 3.63) is 29.6 Å². The largest absolute Gasteiger partial charge is 0.444 e. The summed E-state index contributed by atoms with van der Waals surface area (Å²) in [6.07, 6.45) is 0.299. The van der Waals surface area contributed by atoms with Crippen molar-refractivity contribution in [1.82, 2.24) is 15.1 Å². The zero-order valence-corrected chi connectivity index (χ0v) is 18.9. The number of hydrogen-bond acceptors (Lipinski definition) is 6. The number of piperazine rings is 1. The molecule has 1 aromatic carbocycles. The number of anilines is 1. The first-order valence-corrected chi connectivity index (χ1v) is 11.2. The number of halogens is 1. The fourth-order valence-corrected chi connectivity index (χ4v) is 4.48. The van der Waals surface area contributed by atoms with Crippen LogP contribution in [0, 0.1) is 5.82 Å². The Hall–Kier alpha value is -2.68. The third-order valence-electron chi connectivity index (χ3n) is 6.31. The fourth-order valence-electron chi connectivity index (χ4n) is 4.48. The van der Waals surface area contributed by atoms with Crippen LogP contribution in [0.4, 0.5) is 14.9 Å². The molecule has 0 radical (unpaired) electrons. The Morgan fingerprint density at radius 2 is 1.81 bits per heavy atom. The Labute approximate surface area is 187 Å². The maximum Gasteiger partial charge on any atom is 0.410 e. The van der Waals surface area contributed by atoms with Crippen molar-refractivity contribution >= 4 is 23.6 Å². The lowest BCUT2D eigenvalue weighted by Crippen LogP contribution is -2.63. The molecule has 3 saturated heterocycles. The van der Waals surface area contributed by atoms with Crippen LogP contribution in [0.3, 0.4) is 0 Å². The van der Waals surface area contributed by atoms with Gasteiger partial charge < -0.3 is 14.5 Å². The van der Waals surface area contributed by atoms with Crippen molar-refractivity contribution in [2.45, 2.75) is 51.2 Å². The average molecular weight is 447 g/mol. The lowest BCUT2D eigenvalue weighted by molar-refractivity contribution is -0.134. The molecule has 0 bridgehead atoms. The first-order chi connectivity index (χ1) is 15.1. The summed E-state index contributed by atoms with van der Waals surface area (Å²) in [5.41, 5.74) is 0.641. The molecule has 8 nitrogen and oxygen atoms in total. The van der Waals surface area contributed by atoms with Crippen LogP contribution >= 0.6 is 0 Å². The summed E-state index contributed by atoms with van der Waals surface area (Å²) < 4.78 is 20.2. The van der Waals surface area contributed by atoms with Crippen molar-refractivity contribution in [2.75, 3.05) is 44.2 Å². The number of carbonyl (C=O) groups is 3. The van der Waals surface area contributed by atoms with Gasteiger partial charge in [-0.05, 0) is 39.3 Å². The van der Waals surface area contributed by atoms with E-state index in [1.54, 1.807) is 11.0 Å². The SMILES string of the molecule is CC(C)(C)OC(=O)N1CCN(C2CN(c3ccc(C4CCC(=O)NC4=O)c(F)c3)C2)CC1. The first kappa shape index (κ1) is 22.5. The topological polar surface area (TPSA) is 82.2 Å². The molecule has 3 fully saturated rings. The Morgan fingerprint density at radius 1 is 1.12 bits per heavy atom. The van der Waals surface area contributed by atoms with E-state index in [0.717, 1.165) is 31.9 Å². The minimum atomic E-state index is -0.618. The summed E-state index contributed by atoms with van der Waals surface area (Å²) in [7, 11) is 0. The highest BCUT2D eigenvalue weighted by molar-refractivity contribution is 6.01. The maximum absolute atomic E-state index is 14.8. The number of nitrogens with one attached hydrogen (secondary N) is 1. The smallest absolute Gasteiger partial charge is 0.410 e. The first-order valence-electron chi connectivity index (χ1n) is 11.2. The van der Waals surface area contributed by atoms with Gasteiger partial charge in [0.05, 0.1) is 5.92 Å². The minimum Gasteiger partial charge on any atom is -0.444 e. The van der Waals surface area contributed by atoms with Gasteiger partial charge in [-0.15, -0.1) is 0 Å². The van der Waals surface area contributed by atoms with Crippen LogP contribution < -0.4 is 10.2 Å². The summed E-state index contributed by atoms with van der Waals surface area (Å²) >= 11 is 0. The third kappa shape index (κ3) is 4.87. The molecule has 3 aliphatic rings. The molecule has 3 aliphatic heterocycles. The summed E-state index contributed by atoms with van der Waals surface area (Å²) in [4.78, 5) is 41.8. The van der Waals surface area contributed by atoms with E-state index in [9.17, 15) is 18.8 Å². The average Bonchev–Trinajstić information content (AvgIpc) is 2.67. The molecular weight excluding hydrogens is 415 g/mol. The molecular formula is C23H31FN4O4. The standard InChI is InChI=1S/C23H31FN4O4/c1-23(2,3)32-22(31)27-10-8-26(9-11-27)16-13-28(14-16)15-4-5-17(19(24)12-15)18-6-7-20(29)25-21(18)30/h4-5,12,16,18H,6-11,13-14H2,1-3H3,(H,25,29,30). The Kier molecular flexibility index (Phi) is 6.11. The predicted octanol–water partition coefficient (Wildman–Crippen LogP) is 2.09. The zero-order chi connectivity index (χ0) is 23.0. The second-order valence-electron chi connectivity index (χ2n) is 9.77. The number of carbonyl (C=O) groups excluding carboxylic acids is 3. The second kappa shape index (κ2) is 8.69. The van der Waals surface area contributed by atoms with Gasteiger partial charge >= 0.3 is 6.09 Å². The van der Waals surface area contributed by atoms with Crippen molar-refractivity contribution in [1.29, 1.82) is 0 Å². The number of nitrogens with zero attached hydrogens (tertiary/aromatic N) is 3. The van der Waals surface area contributed by atoms with Crippen LogP contribution in [0.5, 0.6) is 0 Å². The van der Waals surface area contributed by atoms with Gasteiger partial charge in [0.25, 0.3) is 0 Å². The summed E-state index contributed by atoms with van der Waals surface area (Å²) in [6.45, 7) is 10.1. The van der Waals surface area contributed by atoms with Crippen molar-refractivity contribution in [3.63, 3.8) is 0 Å². The van der Waals surface area contributed by atoms with E-state index in [2.05, 4.69) is 15.1 Å². The van der Waals surface area contributed by atoms with E-state index in [1.807, 2.05) is 26.8 Å². The van der Waals surface area contributed by atoms with Gasteiger partial charge in [-0.25, -0.2) is 9.18 Å². The Morgan fingerprint density at radius 3 is 2.41 bits per heavy atom. The van der Waals surface area contributed by atoms with E-state index < -0.39 is 23.2 Å². The molecule has 1 unspecified atom stereocenters. The molecule has 1 aromatic rings. The van der Waals surface area contributed by atoms with Crippen LogP contribution in [-0.4, -0.2) is 78.6 Å². The fraction of sp³-hybridized carbons (Fsp3) is 0.609. The van der Waals surface area contributed by atoms with Gasteiger partial charge in [-0.3, -0.25) is 19.8 Å². The number of imide groups is 1. The van der Waals surface area contributed by atoms with Gasteiger partial charge in [0.2, 0.25) is 11.8 Å². The molecule has 9 heteroatoms. The molecule has 1 N–H and O–H groups in total. The molecule has 0 aromatic heterocycles. The number of hydrogen-bond donors (Lipinski definition) is 1. The molecule has 0 saturated carbocycles. The van der Waals surface area contributed by atoms with Gasteiger partial charge in [0, 0.05) is 63.0 Å². The van der Waals surface area contributed by atoms with Crippen molar-refractivity contribution in [3.8, 4) is 0 Å². The number of benzene rings is 1. The molecule has 3 heterocycles. The second-order valence-corrected chi connectivity index (χ2v) is 9.77. The number of rotatable bonds is 3. The molecule has 32 heavy (non-hydrogen) atoms. The molecule has 3 amide bonds. The Bertz CT molecular complexity index is 902. The van der Waals surface area contributed by atoms with Gasteiger partial charge in [-0.2, -0.15) is 0 Å². The van der Waals surface area contributed by atoms with Crippen LogP contribution in [-0.2, 0) is 14.3 Å². The minimum absolute atomic E-state index is 0.229. The zero-order valence-electron chi connectivity index (χ0n) is 18.9. The van der Waals surface area contributed by atoms with Crippen LogP contribution in [0.2, 0.25) is 0 Å². The summed E-state index contributed by atoms with van der Waals surface area (Å²) in [5, 5.41) is 2.29. The van der Waals surface area contributed by atoms with Crippen molar-refractivity contribution < 1.29 is 23.5 Å². The quantitative estimate of drug-likeness (QED) is 0.716. The maximum atomic E-state index is 14.8. The van der Waals surface area contributed by atoms with E-state index in [-0.39, 0.29) is 18.4 Å². The molecule has 174 valence electrons. The van der Waals surface area contributed by atoms with Crippen LogP contribution in [0.25, 0.3) is 0 Å². The van der Waals surface area contributed by atoms with Crippen LogP contribution in [0.1, 0.15) is 45.1 Å². The molecule has 0 spiro atoms. The highest BCUT2D eigenvalue weighted by Gasteiger charge is 2.36. The summed E-state index contributed by atoms with van der Waals surface area (Å²) in [5.74, 6) is -1.76. The molecule has 1 atom stereocenters. The lowest BCUT2D eigenvalue weighted by atomic mass is 9.90. The normalized spacial score (nSPS) is 23.1. The molecule has 0 aliphatic carbocycles. The van der Waals surface area contributed by atoms with Crippen molar-refractivity contribution in [2.24, 2.45) is 0 Å². The number of amides is 3. The van der Waals surface area contributed by atoms with E-state index in [0.29, 0.717) is 31.1 Å². The van der Waals surface area contributed by atoms with E-state index in [4.69, 9.17) is 4.74 Å². The monoisotopic (exact) mass is 446 g/mol. The van der Waals surface area contributed by atoms with E-state index >= 15 is 0 Å². The molecule has 4 rings (SSSR count). The Balaban J connectivity index is 1.28. The highest BCUT2D eigenvalue weighted by Crippen LogP contribution is 2.31. The van der Waals surface area contributed by atoms with Crippen LogP contribution in [0.15, 0.2) is 18.2 Å². The summed E-state index contributed by atoms with van der Waals surface area (Å²) in [6, 6.07) is 5.36. The predicted molar refractivity (Wildman–Crippen MR) is 117 cm³/mol. The van der Waals surface area contributed by atoms with Gasteiger partial charge in [0.15, 0.2) is 0 Å². The number of ether oxygens (including phenoxy) is 1. The van der Waals surface area contributed by atoms with Gasteiger partial charge in [0.1, 0.15) is 11.4 Å². The van der Waals surface area contributed by atoms with Gasteiger partial charge in [-0.1, -0.05) is 6.07 Å².